The Morgan fingerprint density at radius 3 is 2.94 bits per heavy atom. The Hall–Kier alpha value is -2.22. The maximum Gasteiger partial charge on any atom is 0.332 e. The van der Waals surface area contributed by atoms with E-state index in [9.17, 15) is 4.79 Å². The molecule has 0 aliphatic rings. The van der Waals surface area contributed by atoms with Crippen molar-refractivity contribution < 1.29 is 15.0 Å². The minimum absolute atomic E-state index is 0.0741. The molecule has 2 aromatic heterocycles. The highest BCUT2D eigenvalue weighted by Crippen LogP contribution is 2.14. The number of aliphatic hydroxyl groups excluding tert-OH is 1. The molecule has 0 fully saturated rings. The number of aromatic nitrogens is 4. The van der Waals surface area contributed by atoms with Gasteiger partial charge in [-0.25, -0.2) is 19.7 Å². The molecule has 90 valence electrons. The van der Waals surface area contributed by atoms with Crippen LogP contribution in [0.25, 0.3) is 11.2 Å². The number of aliphatic carboxylic acids is 1. The molecule has 8 heteroatoms. The van der Waals surface area contributed by atoms with Crippen LogP contribution in [-0.2, 0) is 11.3 Å². The number of carboxylic acids is 1. The molecule has 2 heterocycles. The summed E-state index contributed by atoms with van der Waals surface area (Å²) in [6.45, 7) is 0.292. The summed E-state index contributed by atoms with van der Waals surface area (Å²) in [6, 6.07) is 0. The van der Waals surface area contributed by atoms with E-state index in [-0.39, 0.29) is 12.2 Å². The number of anilines is 1. The van der Waals surface area contributed by atoms with Gasteiger partial charge in [0, 0.05) is 13.0 Å². The molecule has 0 spiro atoms. The van der Waals surface area contributed by atoms with Gasteiger partial charge in [-0.3, -0.25) is 0 Å². The number of hydrogen-bond donors (Lipinski definition) is 3. The number of nitrogen functional groups attached to an aromatic ring is 1. The van der Waals surface area contributed by atoms with Crippen molar-refractivity contribution in [3.8, 4) is 0 Å². The molecule has 4 N–H and O–H groups in total. The Bertz CT molecular complexity index is 553. The lowest BCUT2D eigenvalue weighted by Gasteiger charge is -2.06. The third kappa shape index (κ3) is 2.16. The molecule has 0 saturated carbocycles. The molecule has 2 rings (SSSR count). The van der Waals surface area contributed by atoms with Gasteiger partial charge in [-0.05, 0) is 0 Å². The van der Waals surface area contributed by atoms with Gasteiger partial charge in [0.2, 0.25) is 0 Å². The summed E-state index contributed by atoms with van der Waals surface area (Å²) in [5, 5.41) is 17.7. The molecule has 0 aliphatic carbocycles. The standard InChI is InChI=1S/C9H11N5O3/c10-7-6-8(12-3-11-7)14(4-13-6)2-1-5(15)9(16)17/h3-5,15H,1-2H2,(H,16,17)(H2,10,11,12)/t5-/m1/s1. The maximum atomic E-state index is 10.5. The van der Waals surface area contributed by atoms with Crippen LogP contribution < -0.4 is 5.73 Å². The lowest BCUT2D eigenvalue weighted by atomic mass is 10.2. The number of aryl methyl sites for hydroxylation is 1. The number of nitrogens with two attached hydrogens (primary N) is 1. The van der Waals surface area contributed by atoms with Crippen molar-refractivity contribution in [2.75, 3.05) is 5.73 Å². The van der Waals surface area contributed by atoms with Crippen LogP contribution in [0.4, 0.5) is 5.82 Å². The molecule has 0 radical (unpaired) electrons. The van der Waals surface area contributed by atoms with Crippen LogP contribution in [-0.4, -0.2) is 41.8 Å². The van der Waals surface area contributed by atoms with Gasteiger partial charge in [0.15, 0.2) is 17.6 Å². The number of imidazole rings is 1. The van der Waals surface area contributed by atoms with Gasteiger partial charge in [0.1, 0.15) is 11.8 Å². The third-order valence-electron chi connectivity index (χ3n) is 2.36. The molecule has 1 atom stereocenters. The van der Waals surface area contributed by atoms with Gasteiger partial charge in [-0.1, -0.05) is 0 Å². The van der Waals surface area contributed by atoms with Gasteiger partial charge >= 0.3 is 5.97 Å². The summed E-state index contributed by atoms with van der Waals surface area (Å²) < 4.78 is 1.62. The molecule has 8 nitrogen and oxygen atoms in total. The second kappa shape index (κ2) is 4.34. The highest BCUT2D eigenvalue weighted by Gasteiger charge is 2.14. The molecular weight excluding hydrogens is 226 g/mol. The predicted molar refractivity (Wildman–Crippen MR) is 58.0 cm³/mol. The topological polar surface area (TPSA) is 127 Å². The van der Waals surface area contributed by atoms with Crippen molar-refractivity contribution in [2.24, 2.45) is 0 Å². The Morgan fingerprint density at radius 1 is 1.47 bits per heavy atom. The molecule has 2 aromatic rings. The van der Waals surface area contributed by atoms with E-state index in [4.69, 9.17) is 15.9 Å². The van der Waals surface area contributed by atoms with Crippen LogP contribution in [0.1, 0.15) is 6.42 Å². The number of carbonyl (C=O) groups is 1. The van der Waals surface area contributed by atoms with E-state index in [1.807, 2.05) is 0 Å². The largest absolute Gasteiger partial charge is 0.479 e. The van der Waals surface area contributed by atoms with Gasteiger partial charge in [0.05, 0.1) is 6.33 Å². The summed E-state index contributed by atoms with van der Waals surface area (Å²) in [5.41, 5.74) is 6.60. The van der Waals surface area contributed by atoms with Crippen molar-refractivity contribution in [2.45, 2.75) is 19.1 Å². The molecule has 17 heavy (non-hydrogen) atoms. The van der Waals surface area contributed by atoms with Crippen LogP contribution in [0.2, 0.25) is 0 Å². The minimum atomic E-state index is -1.40. The first-order valence-electron chi connectivity index (χ1n) is 4.91. The first-order valence-corrected chi connectivity index (χ1v) is 4.91. The van der Waals surface area contributed by atoms with E-state index < -0.39 is 12.1 Å². The fourth-order valence-corrected chi connectivity index (χ4v) is 1.45. The van der Waals surface area contributed by atoms with Crippen LogP contribution in [0.3, 0.4) is 0 Å². The van der Waals surface area contributed by atoms with Crippen LogP contribution in [0, 0.1) is 0 Å². The Labute approximate surface area is 95.7 Å². The smallest absolute Gasteiger partial charge is 0.332 e. The maximum absolute atomic E-state index is 10.5. The highest BCUT2D eigenvalue weighted by molar-refractivity contribution is 5.81. The van der Waals surface area contributed by atoms with Crippen molar-refractivity contribution in [1.82, 2.24) is 19.5 Å². The predicted octanol–water partition coefficient (Wildman–Crippen LogP) is -0.756. The zero-order chi connectivity index (χ0) is 12.4. The number of hydrogen-bond acceptors (Lipinski definition) is 6. The number of fused-ring (bicyclic) bond motifs is 1. The van der Waals surface area contributed by atoms with Gasteiger partial charge in [-0.15, -0.1) is 0 Å². The Morgan fingerprint density at radius 2 is 2.24 bits per heavy atom. The Kier molecular flexibility index (Phi) is 2.88. The first kappa shape index (κ1) is 11.3. The van der Waals surface area contributed by atoms with E-state index in [1.165, 1.54) is 12.7 Å². The van der Waals surface area contributed by atoms with E-state index in [0.717, 1.165) is 0 Å². The number of aliphatic hydroxyl groups is 1. The normalized spacial score (nSPS) is 12.8. The second-order valence-corrected chi connectivity index (χ2v) is 3.51. The van der Waals surface area contributed by atoms with Crippen LogP contribution >= 0.6 is 0 Å². The zero-order valence-corrected chi connectivity index (χ0v) is 8.82. The van der Waals surface area contributed by atoms with Gasteiger partial charge < -0.3 is 20.5 Å². The fraction of sp³-hybridized carbons (Fsp3) is 0.333. The number of nitrogens with zero attached hydrogens (tertiary/aromatic N) is 4. The Balaban J connectivity index is 2.20. The molecule has 0 aliphatic heterocycles. The summed E-state index contributed by atoms with van der Waals surface area (Å²) in [4.78, 5) is 22.3. The van der Waals surface area contributed by atoms with Crippen molar-refractivity contribution >= 4 is 23.0 Å². The van der Waals surface area contributed by atoms with E-state index >= 15 is 0 Å². The van der Waals surface area contributed by atoms with Gasteiger partial charge in [-0.2, -0.15) is 0 Å². The van der Waals surface area contributed by atoms with Crippen LogP contribution in [0.15, 0.2) is 12.7 Å². The molecule has 0 unspecified atom stereocenters. The number of carboxylic acid groups (broad SMARTS) is 1. The molecular formula is C9H11N5O3. The quantitative estimate of drug-likeness (QED) is 0.637. The lowest BCUT2D eigenvalue weighted by molar-refractivity contribution is -0.147. The molecule has 0 aromatic carbocycles. The molecule has 0 saturated heterocycles. The number of rotatable bonds is 4. The molecule has 0 bridgehead atoms. The van der Waals surface area contributed by atoms with Crippen molar-refractivity contribution in [3.05, 3.63) is 12.7 Å². The zero-order valence-electron chi connectivity index (χ0n) is 8.82. The average Bonchev–Trinajstić information content (AvgIpc) is 2.70. The van der Waals surface area contributed by atoms with Crippen molar-refractivity contribution in [1.29, 1.82) is 0 Å². The van der Waals surface area contributed by atoms with E-state index in [0.29, 0.717) is 17.7 Å². The second-order valence-electron chi connectivity index (χ2n) is 3.51. The van der Waals surface area contributed by atoms with E-state index in [1.54, 1.807) is 4.57 Å². The third-order valence-corrected chi connectivity index (χ3v) is 2.36. The van der Waals surface area contributed by atoms with Crippen molar-refractivity contribution in [3.63, 3.8) is 0 Å². The average molecular weight is 237 g/mol. The summed E-state index contributed by atoms with van der Waals surface area (Å²) in [6.07, 6.45) is 1.48. The van der Waals surface area contributed by atoms with E-state index in [2.05, 4.69) is 15.0 Å². The summed E-state index contributed by atoms with van der Waals surface area (Å²) >= 11 is 0. The summed E-state index contributed by atoms with van der Waals surface area (Å²) in [5.74, 6) is -0.976. The highest BCUT2D eigenvalue weighted by atomic mass is 16.4. The fourth-order valence-electron chi connectivity index (χ4n) is 1.45. The lowest BCUT2D eigenvalue weighted by Crippen LogP contribution is -2.21. The van der Waals surface area contributed by atoms with Gasteiger partial charge in [0.25, 0.3) is 0 Å². The molecule has 0 amide bonds. The van der Waals surface area contributed by atoms with Crippen LogP contribution in [0.5, 0.6) is 0 Å². The first-order chi connectivity index (χ1) is 8.09. The minimum Gasteiger partial charge on any atom is -0.479 e. The summed E-state index contributed by atoms with van der Waals surface area (Å²) in [7, 11) is 0. The monoisotopic (exact) mass is 237 g/mol. The SMILES string of the molecule is Nc1ncnc2c1ncn2CC[C@@H](O)C(=O)O.